The molecular formula is C59H101N2O6P. The van der Waals surface area contributed by atoms with Crippen LogP contribution in [0.25, 0.3) is 0 Å². The minimum absolute atomic E-state index is 0.0133. The van der Waals surface area contributed by atoms with E-state index in [9.17, 15) is 19.4 Å². The molecule has 68 heavy (non-hydrogen) atoms. The SMILES string of the molecule is CC/C=C\C/C=C\C/C=C\C/C=C\C/C=C\C/C=C\C/C=C\C/C=C\CCCCCCCCCCCCC(=O)NC(COP(=O)([O-])OCC[N+](C)(C)C)C(O)/C=C/CC/C=C/CCCCCCC. The highest BCUT2D eigenvalue weighted by atomic mass is 31.2. The molecular weight excluding hydrogens is 864 g/mol. The van der Waals surface area contributed by atoms with Crippen molar-refractivity contribution >= 4 is 13.7 Å². The number of hydrogen-bond acceptors (Lipinski definition) is 6. The fourth-order valence-electron chi connectivity index (χ4n) is 6.95. The lowest BCUT2D eigenvalue weighted by Gasteiger charge is -2.29. The van der Waals surface area contributed by atoms with Gasteiger partial charge in [0.15, 0.2) is 0 Å². The number of amides is 1. The number of carbonyl (C=O) groups excluding carboxylic acids is 1. The maximum Gasteiger partial charge on any atom is 0.268 e. The fourth-order valence-corrected chi connectivity index (χ4v) is 7.67. The van der Waals surface area contributed by atoms with Crippen LogP contribution in [0.2, 0.25) is 0 Å². The third-order valence-corrected chi connectivity index (χ3v) is 12.1. The largest absolute Gasteiger partial charge is 0.756 e. The minimum atomic E-state index is -4.61. The number of unbranched alkanes of at least 4 members (excludes halogenated alkanes) is 16. The summed E-state index contributed by atoms with van der Waals surface area (Å²) in [7, 11) is 1.22. The third kappa shape index (κ3) is 50.8. The summed E-state index contributed by atoms with van der Waals surface area (Å²) in [4.78, 5) is 25.4. The lowest BCUT2D eigenvalue weighted by atomic mass is 10.0. The molecule has 8 nitrogen and oxygen atoms in total. The number of allylic oxidation sites excluding steroid dienone is 19. The number of aliphatic hydroxyl groups is 1. The van der Waals surface area contributed by atoms with Crippen molar-refractivity contribution in [3.8, 4) is 0 Å². The van der Waals surface area contributed by atoms with Crippen molar-refractivity contribution in [2.24, 2.45) is 0 Å². The first-order chi connectivity index (χ1) is 33.0. The number of nitrogens with zero attached hydrogens (tertiary/aromatic N) is 1. The van der Waals surface area contributed by atoms with Crippen LogP contribution in [-0.4, -0.2) is 68.5 Å². The van der Waals surface area contributed by atoms with Crippen molar-refractivity contribution in [3.63, 3.8) is 0 Å². The van der Waals surface area contributed by atoms with Crippen molar-refractivity contribution in [2.45, 2.75) is 206 Å². The number of quaternary nitrogens is 1. The molecule has 0 saturated heterocycles. The molecule has 0 heterocycles. The Morgan fingerprint density at radius 3 is 1.37 bits per heavy atom. The standard InChI is InChI=1S/C59H101N2O6P/c1-6-8-10-12-14-16-18-19-20-21-22-23-24-25-26-27-28-29-30-31-32-33-34-35-36-37-38-39-40-41-43-45-47-49-51-53-59(63)60-57(56-67-68(64,65)66-55-54-61(3,4)5)58(62)52-50-48-46-44-42-17-15-13-11-9-7-2/h8,10,14,16,19-20,22-23,25-26,28-29,31-32,34-35,42,44,50,52,57-58,62H,6-7,9,11-13,15,17-18,21,24,27,30,33,36-41,43,45-49,51,53-56H2,1-5H3,(H-,60,63,64,65)/b10-8-,16-14-,20-19-,23-22-,26-25-,29-28-,32-31-,35-34-,44-42+,52-50+. The Bertz CT molecular complexity index is 1510. The van der Waals surface area contributed by atoms with Crippen LogP contribution in [0.1, 0.15) is 194 Å². The summed E-state index contributed by atoms with van der Waals surface area (Å²) in [6, 6.07) is -0.912. The van der Waals surface area contributed by atoms with Crippen molar-refractivity contribution in [3.05, 3.63) is 122 Å². The number of hydrogen-bond donors (Lipinski definition) is 2. The molecule has 0 aliphatic rings. The summed E-state index contributed by atoms with van der Waals surface area (Å²) in [5, 5.41) is 13.8. The number of likely N-dealkylation sites (N-methyl/N-ethyl adjacent to an activating group) is 1. The normalized spacial score (nSPS) is 15.0. The second-order valence-corrected chi connectivity index (χ2v) is 20.2. The maximum absolute atomic E-state index is 12.9. The van der Waals surface area contributed by atoms with Crippen molar-refractivity contribution < 1.29 is 32.9 Å². The van der Waals surface area contributed by atoms with Gasteiger partial charge in [0.2, 0.25) is 5.91 Å². The van der Waals surface area contributed by atoms with Crippen LogP contribution in [0, 0.1) is 0 Å². The number of phosphoric acid groups is 1. The van der Waals surface area contributed by atoms with Gasteiger partial charge in [-0.05, 0) is 96.3 Å². The molecule has 0 aromatic heterocycles. The number of carbonyl (C=O) groups is 1. The molecule has 0 aromatic carbocycles. The zero-order valence-corrected chi connectivity index (χ0v) is 44.9. The summed E-state index contributed by atoms with van der Waals surface area (Å²) < 4.78 is 23.2. The van der Waals surface area contributed by atoms with Gasteiger partial charge in [-0.15, -0.1) is 0 Å². The molecule has 3 unspecified atom stereocenters. The van der Waals surface area contributed by atoms with Crippen molar-refractivity contribution in [2.75, 3.05) is 40.9 Å². The highest BCUT2D eigenvalue weighted by molar-refractivity contribution is 7.45. The molecule has 0 aliphatic heterocycles. The van der Waals surface area contributed by atoms with Crippen LogP contribution in [0.4, 0.5) is 0 Å². The van der Waals surface area contributed by atoms with Crippen LogP contribution in [0.15, 0.2) is 122 Å². The molecule has 0 rings (SSSR count). The molecule has 0 spiro atoms. The Morgan fingerprint density at radius 2 is 0.912 bits per heavy atom. The molecule has 9 heteroatoms. The molecule has 0 fully saturated rings. The summed E-state index contributed by atoms with van der Waals surface area (Å²) >= 11 is 0. The van der Waals surface area contributed by atoms with Gasteiger partial charge in [-0.2, -0.15) is 0 Å². The molecule has 0 radical (unpaired) electrons. The molecule has 2 N–H and O–H groups in total. The zero-order valence-electron chi connectivity index (χ0n) is 44.0. The van der Waals surface area contributed by atoms with E-state index in [0.29, 0.717) is 17.4 Å². The van der Waals surface area contributed by atoms with E-state index in [1.54, 1.807) is 6.08 Å². The predicted octanol–water partition coefficient (Wildman–Crippen LogP) is 15.6. The van der Waals surface area contributed by atoms with Gasteiger partial charge in [-0.1, -0.05) is 212 Å². The molecule has 0 bridgehead atoms. The van der Waals surface area contributed by atoms with E-state index >= 15 is 0 Å². The lowest BCUT2D eigenvalue weighted by Crippen LogP contribution is -2.45. The molecule has 3 atom stereocenters. The van der Waals surface area contributed by atoms with Gasteiger partial charge in [0, 0.05) is 6.42 Å². The number of aliphatic hydroxyl groups excluding tert-OH is 1. The van der Waals surface area contributed by atoms with Gasteiger partial charge < -0.3 is 28.8 Å². The first-order valence-electron chi connectivity index (χ1n) is 26.9. The first kappa shape index (κ1) is 64.9. The molecule has 0 aromatic rings. The van der Waals surface area contributed by atoms with E-state index in [4.69, 9.17) is 9.05 Å². The quantitative estimate of drug-likeness (QED) is 0.0272. The van der Waals surface area contributed by atoms with Crippen LogP contribution < -0.4 is 10.2 Å². The highest BCUT2D eigenvalue weighted by Crippen LogP contribution is 2.38. The Morgan fingerprint density at radius 1 is 0.529 bits per heavy atom. The van der Waals surface area contributed by atoms with E-state index < -0.39 is 26.6 Å². The topological polar surface area (TPSA) is 108 Å². The van der Waals surface area contributed by atoms with E-state index in [1.807, 2.05) is 27.2 Å². The molecule has 0 aliphatic carbocycles. The van der Waals surface area contributed by atoms with E-state index in [-0.39, 0.29) is 12.5 Å². The van der Waals surface area contributed by atoms with E-state index in [1.165, 1.54) is 77.0 Å². The summed E-state index contributed by atoms with van der Waals surface area (Å²) in [6.45, 7) is 4.46. The first-order valence-corrected chi connectivity index (χ1v) is 28.4. The number of nitrogens with one attached hydrogen (secondary N) is 1. The monoisotopic (exact) mass is 965 g/mol. The van der Waals surface area contributed by atoms with Crippen LogP contribution in [0.5, 0.6) is 0 Å². The minimum Gasteiger partial charge on any atom is -0.756 e. The Kier molecular flexibility index (Phi) is 46.7. The van der Waals surface area contributed by atoms with Gasteiger partial charge >= 0.3 is 0 Å². The second kappa shape index (κ2) is 48.9. The van der Waals surface area contributed by atoms with E-state index in [2.05, 4.69) is 129 Å². The van der Waals surface area contributed by atoms with Crippen LogP contribution in [0.3, 0.4) is 0 Å². The lowest BCUT2D eigenvalue weighted by molar-refractivity contribution is -0.870. The fraction of sp³-hybridized carbons (Fsp3) is 0.644. The van der Waals surface area contributed by atoms with Gasteiger partial charge in [0.1, 0.15) is 13.2 Å². The zero-order chi connectivity index (χ0) is 49.9. The number of rotatable bonds is 47. The predicted molar refractivity (Wildman–Crippen MR) is 292 cm³/mol. The van der Waals surface area contributed by atoms with Crippen molar-refractivity contribution in [1.82, 2.24) is 5.32 Å². The molecule has 388 valence electrons. The second-order valence-electron chi connectivity index (χ2n) is 18.8. The average molecular weight is 965 g/mol. The number of phosphoric ester groups is 1. The Hall–Kier alpha value is -3.10. The van der Waals surface area contributed by atoms with Gasteiger partial charge in [0.25, 0.3) is 7.82 Å². The summed E-state index contributed by atoms with van der Waals surface area (Å²) in [6.07, 6.45) is 72.8. The van der Waals surface area contributed by atoms with Crippen LogP contribution >= 0.6 is 7.82 Å². The Balaban J connectivity index is 4.14. The average Bonchev–Trinajstić information content (AvgIpc) is 3.30. The van der Waals surface area contributed by atoms with Crippen LogP contribution in [-0.2, 0) is 18.4 Å². The smallest absolute Gasteiger partial charge is 0.268 e. The maximum atomic E-state index is 12.9. The van der Waals surface area contributed by atoms with E-state index in [0.717, 1.165) is 96.3 Å². The van der Waals surface area contributed by atoms with Gasteiger partial charge in [-0.3, -0.25) is 9.36 Å². The molecule has 0 saturated carbocycles. The molecule has 1 amide bonds. The highest BCUT2D eigenvalue weighted by Gasteiger charge is 2.23. The summed E-state index contributed by atoms with van der Waals surface area (Å²) in [5.74, 6) is -0.220. The summed E-state index contributed by atoms with van der Waals surface area (Å²) in [5.41, 5.74) is 0. The van der Waals surface area contributed by atoms with Gasteiger partial charge in [-0.25, -0.2) is 0 Å². The third-order valence-electron chi connectivity index (χ3n) is 11.2. The van der Waals surface area contributed by atoms with Crippen molar-refractivity contribution in [1.29, 1.82) is 0 Å². The van der Waals surface area contributed by atoms with Gasteiger partial charge in [0.05, 0.1) is 39.9 Å². The Labute approximate surface area is 418 Å².